The molecule has 2 aliphatic rings. The number of carbonyl (C=O) groups excluding carboxylic acids is 1. The number of amides is 1. The van der Waals surface area contributed by atoms with Gasteiger partial charge in [-0.25, -0.2) is 4.98 Å². The highest BCUT2D eigenvalue weighted by Gasteiger charge is 2.29. The zero-order chi connectivity index (χ0) is 19.1. The van der Waals surface area contributed by atoms with Gasteiger partial charge in [-0.05, 0) is 57.3 Å². The van der Waals surface area contributed by atoms with Crippen LogP contribution >= 0.6 is 0 Å². The Morgan fingerprint density at radius 2 is 2.11 bits per heavy atom. The summed E-state index contributed by atoms with van der Waals surface area (Å²) < 4.78 is 1.78. The fourth-order valence-electron chi connectivity index (χ4n) is 4.07. The van der Waals surface area contributed by atoms with Crippen molar-refractivity contribution in [3.63, 3.8) is 0 Å². The summed E-state index contributed by atoms with van der Waals surface area (Å²) in [7, 11) is 2.16. The van der Waals surface area contributed by atoms with Crippen molar-refractivity contribution in [3.8, 4) is 0 Å². The van der Waals surface area contributed by atoms with Gasteiger partial charge in [0.2, 0.25) is 0 Å². The van der Waals surface area contributed by atoms with Gasteiger partial charge in [0, 0.05) is 36.5 Å². The van der Waals surface area contributed by atoms with Gasteiger partial charge in [-0.15, -0.1) is 0 Å². The van der Waals surface area contributed by atoms with Crippen molar-refractivity contribution in [1.82, 2.24) is 24.5 Å². The van der Waals surface area contributed by atoms with E-state index in [1.54, 1.807) is 29.0 Å². The second-order valence-corrected chi connectivity index (χ2v) is 7.97. The summed E-state index contributed by atoms with van der Waals surface area (Å²) in [4.78, 5) is 24.1. The Balaban J connectivity index is 1.55. The molecule has 1 atom stereocenters. The molecule has 7 heteroatoms. The van der Waals surface area contributed by atoms with Crippen LogP contribution < -0.4 is 5.32 Å². The number of nitrogens with one attached hydrogen (secondary N) is 1. The van der Waals surface area contributed by atoms with Crippen molar-refractivity contribution >= 4 is 17.4 Å². The summed E-state index contributed by atoms with van der Waals surface area (Å²) in [6.07, 6.45) is 9.82. The minimum atomic E-state index is -0.184. The quantitative estimate of drug-likeness (QED) is 0.757. The smallest absolute Gasteiger partial charge is 0.258 e. The number of pyridine rings is 1. The van der Waals surface area contributed by atoms with Gasteiger partial charge in [-0.2, -0.15) is 9.61 Å². The number of carbonyl (C=O) groups is 1. The van der Waals surface area contributed by atoms with Crippen molar-refractivity contribution < 1.29 is 4.79 Å². The number of anilines is 1. The topological polar surface area (TPSA) is 75.4 Å². The van der Waals surface area contributed by atoms with Gasteiger partial charge < -0.3 is 10.2 Å². The minimum Gasteiger partial charge on any atom is -0.306 e. The van der Waals surface area contributed by atoms with E-state index in [-0.39, 0.29) is 5.91 Å². The first kappa shape index (κ1) is 17.3. The largest absolute Gasteiger partial charge is 0.306 e. The van der Waals surface area contributed by atoms with Gasteiger partial charge in [0.1, 0.15) is 5.82 Å². The molecule has 144 valence electrons. The monoisotopic (exact) mass is 376 g/mol. The van der Waals surface area contributed by atoms with Crippen molar-refractivity contribution in [3.05, 3.63) is 53.6 Å². The van der Waals surface area contributed by atoms with Crippen LogP contribution in [-0.4, -0.2) is 50.5 Å². The molecule has 2 fully saturated rings. The molecule has 1 aliphatic carbocycles. The zero-order valence-corrected chi connectivity index (χ0v) is 16.0. The molecule has 1 saturated heterocycles. The first-order chi connectivity index (χ1) is 13.7. The molecule has 5 rings (SSSR count). The fraction of sp³-hybridized carbons (Fsp3) is 0.429. The van der Waals surface area contributed by atoms with Gasteiger partial charge in [0.05, 0.1) is 17.5 Å². The highest BCUT2D eigenvalue weighted by molar-refractivity contribution is 6.03. The van der Waals surface area contributed by atoms with E-state index >= 15 is 0 Å². The van der Waals surface area contributed by atoms with E-state index in [9.17, 15) is 4.79 Å². The lowest BCUT2D eigenvalue weighted by molar-refractivity contribution is 0.102. The molecule has 3 aromatic heterocycles. The first-order valence-corrected chi connectivity index (χ1v) is 9.97. The van der Waals surface area contributed by atoms with Gasteiger partial charge >= 0.3 is 0 Å². The third kappa shape index (κ3) is 3.26. The molecule has 1 unspecified atom stereocenters. The Morgan fingerprint density at radius 1 is 1.21 bits per heavy atom. The summed E-state index contributed by atoms with van der Waals surface area (Å²) in [5, 5.41) is 7.57. The van der Waals surface area contributed by atoms with Crippen LogP contribution in [0.4, 0.5) is 5.82 Å². The second kappa shape index (κ2) is 6.98. The SMILES string of the molecule is CN1CCCC(c2cc(NC(=O)c3cccnc3)n3ncc(C4CC4)c3n2)C1. The van der Waals surface area contributed by atoms with Gasteiger partial charge in [-0.1, -0.05) is 0 Å². The van der Waals surface area contributed by atoms with E-state index in [1.807, 2.05) is 12.3 Å². The Morgan fingerprint density at radius 3 is 2.86 bits per heavy atom. The molecule has 1 saturated carbocycles. The average molecular weight is 376 g/mol. The average Bonchev–Trinajstić information content (AvgIpc) is 3.47. The number of hydrogen-bond donors (Lipinski definition) is 1. The van der Waals surface area contributed by atoms with Crippen molar-refractivity contribution in [2.24, 2.45) is 0 Å². The van der Waals surface area contributed by atoms with Crippen LogP contribution in [0.25, 0.3) is 5.65 Å². The zero-order valence-electron chi connectivity index (χ0n) is 16.0. The molecule has 0 bridgehead atoms. The maximum Gasteiger partial charge on any atom is 0.258 e. The third-order valence-electron chi connectivity index (χ3n) is 5.74. The number of piperidine rings is 1. The summed E-state index contributed by atoms with van der Waals surface area (Å²) in [6.45, 7) is 2.12. The fourth-order valence-corrected chi connectivity index (χ4v) is 4.07. The number of nitrogens with zero attached hydrogens (tertiary/aromatic N) is 5. The normalized spacial score (nSPS) is 20.4. The second-order valence-electron chi connectivity index (χ2n) is 7.97. The van der Waals surface area contributed by atoms with Gasteiger partial charge in [-0.3, -0.25) is 9.78 Å². The van der Waals surface area contributed by atoms with Crippen LogP contribution in [0.5, 0.6) is 0 Å². The highest BCUT2D eigenvalue weighted by Crippen LogP contribution is 2.42. The predicted molar refractivity (Wildman–Crippen MR) is 107 cm³/mol. The van der Waals surface area contributed by atoms with Crippen LogP contribution in [0, 0.1) is 0 Å². The maximum atomic E-state index is 12.7. The van der Waals surface area contributed by atoms with E-state index in [4.69, 9.17) is 4.98 Å². The lowest BCUT2D eigenvalue weighted by Gasteiger charge is -2.29. The molecule has 1 amide bonds. The van der Waals surface area contributed by atoms with E-state index in [1.165, 1.54) is 24.8 Å². The van der Waals surface area contributed by atoms with Crippen LogP contribution in [-0.2, 0) is 0 Å². The maximum absolute atomic E-state index is 12.7. The van der Waals surface area contributed by atoms with Crippen LogP contribution in [0.2, 0.25) is 0 Å². The number of hydrogen-bond acceptors (Lipinski definition) is 5. The van der Waals surface area contributed by atoms with Gasteiger partial charge in [0.15, 0.2) is 5.65 Å². The highest BCUT2D eigenvalue weighted by atomic mass is 16.1. The molecule has 28 heavy (non-hydrogen) atoms. The molecule has 1 aliphatic heterocycles. The Bertz CT molecular complexity index is 1010. The van der Waals surface area contributed by atoms with Crippen LogP contribution in [0.15, 0.2) is 36.8 Å². The van der Waals surface area contributed by atoms with E-state index in [0.29, 0.717) is 23.2 Å². The van der Waals surface area contributed by atoms with Crippen molar-refractivity contribution in [2.75, 3.05) is 25.5 Å². The Hall–Kier alpha value is -2.80. The molecule has 1 N–H and O–H groups in total. The molecular weight excluding hydrogens is 352 g/mol. The predicted octanol–water partition coefficient (Wildman–Crippen LogP) is 3.06. The summed E-state index contributed by atoms with van der Waals surface area (Å²) >= 11 is 0. The lowest BCUT2D eigenvalue weighted by Crippen LogP contribution is -2.31. The number of likely N-dealkylation sites (N-methyl/N-ethyl adjacent to an activating group) is 1. The lowest BCUT2D eigenvalue weighted by atomic mass is 9.94. The number of rotatable bonds is 4. The van der Waals surface area contributed by atoms with E-state index < -0.39 is 0 Å². The van der Waals surface area contributed by atoms with E-state index in [2.05, 4.69) is 27.3 Å². The molecule has 3 aromatic rings. The molecule has 0 radical (unpaired) electrons. The third-order valence-corrected chi connectivity index (χ3v) is 5.74. The molecule has 0 spiro atoms. The van der Waals surface area contributed by atoms with Crippen molar-refractivity contribution in [1.29, 1.82) is 0 Å². The van der Waals surface area contributed by atoms with Crippen LogP contribution in [0.1, 0.15) is 59.1 Å². The minimum absolute atomic E-state index is 0.184. The first-order valence-electron chi connectivity index (χ1n) is 9.97. The Kier molecular flexibility index (Phi) is 4.31. The number of aromatic nitrogens is 4. The standard InChI is InChI=1S/C21H24N6O/c1-26-9-3-5-16(13-26)18-10-19(25-21(28)15-4-2-8-22-11-15)27-20(24-18)17(12-23-27)14-6-7-14/h2,4,8,10-12,14,16H,3,5-7,9,13H2,1H3,(H,25,28). The van der Waals surface area contributed by atoms with Gasteiger partial charge in [0.25, 0.3) is 5.91 Å². The molecule has 7 nitrogen and oxygen atoms in total. The Labute approximate surface area is 163 Å². The summed E-state index contributed by atoms with van der Waals surface area (Å²) in [5.41, 5.74) is 3.65. The van der Waals surface area contributed by atoms with Crippen molar-refractivity contribution in [2.45, 2.75) is 37.5 Å². The van der Waals surface area contributed by atoms with E-state index in [0.717, 1.165) is 30.9 Å². The molecule has 4 heterocycles. The molecular formula is C21H24N6O. The summed E-state index contributed by atoms with van der Waals surface area (Å²) in [5.74, 6) is 1.42. The van der Waals surface area contributed by atoms with Crippen LogP contribution in [0.3, 0.4) is 0 Å². The number of likely N-dealkylation sites (tertiary alicyclic amines) is 1. The number of fused-ring (bicyclic) bond motifs is 1. The molecule has 0 aromatic carbocycles. The summed E-state index contributed by atoms with van der Waals surface area (Å²) in [6, 6.07) is 5.52.